The van der Waals surface area contributed by atoms with Crippen LogP contribution in [0.15, 0.2) is 12.1 Å². The Morgan fingerprint density at radius 1 is 1.37 bits per heavy atom. The van der Waals surface area contributed by atoms with E-state index in [0.29, 0.717) is 6.42 Å². The lowest BCUT2D eigenvalue weighted by atomic mass is 10.2. The van der Waals surface area contributed by atoms with Gasteiger partial charge in [0.15, 0.2) is 0 Å². The summed E-state index contributed by atoms with van der Waals surface area (Å²) in [5.41, 5.74) is 4.34. The second kappa shape index (κ2) is 5.27. The Morgan fingerprint density at radius 3 is 2.53 bits per heavy atom. The van der Waals surface area contributed by atoms with Gasteiger partial charge in [0, 0.05) is 5.56 Å². The third-order valence-corrected chi connectivity index (χ3v) is 3.31. The van der Waals surface area contributed by atoms with Gasteiger partial charge in [-0.15, -0.1) is 10.2 Å². The normalized spacial score (nSPS) is 10.5. The van der Waals surface area contributed by atoms with Crippen molar-refractivity contribution in [3.63, 3.8) is 0 Å². The maximum absolute atomic E-state index is 13.2. The van der Waals surface area contributed by atoms with Gasteiger partial charge in [-0.2, -0.15) is 0 Å². The molecule has 0 aliphatic heterocycles. The summed E-state index contributed by atoms with van der Waals surface area (Å²) in [4.78, 5) is 11.8. The van der Waals surface area contributed by atoms with Gasteiger partial charge in [-0.25, -0.2) is 8.78 Å². The molecule has 0 spiro atoms. The number of carbonyl (C=O) groups excluding carboxylic acids is 1. The van der Waals surface area contributed by atoms with E-state index in [1.54, 1.807) is 0 Å². The van der Waals surface area contributed by atoms with Gasteiger partial charge in [0.2, 0.25) is 5.13 Å². The average Bonchev–Trinajstić information content (AvgIpc) is 2.83. The second-order valence-corrected chi connectivity index (χ2v) is 4.72. The highest BCUT2D eigenvalue weighted by molar-refractivity contribution is 7.15. The Balaban J connectivity index is 2.20. The summed E-state index contributed by atoms with van der Waals surface area (Å²) < 4.78 is 26.5. The first-order valence-electron chi connectivity index (χ1n) is 5.39. The van der Waals surface area contributed by atoms with Crippen molar-refractivity contribution in [1.29, 1.82) is 0 Å². The molecule has 5 nitrogen and oxygen atoms in total. The number of benzene rings is 1. The summed E-state index contributed by atoms with van der Waals surface area (Å²) in [6, 6.07) is 1.74. The number of nitrogens with one attached hydrogen (secondary N) is 1. The van der Waals surface area contributed by atoms with E-state index in [2.05, 4.69) is 15.5 Å². The molecule has 0 aliphatic carbocycles. The number of halogens is 2. The Labute approximate surface area is 111 Å². The first-order valence-corrected chi connectivity index (χ1v) is 6.21. The van der Waals surface area contributed by atoms with Crippen molar-refractivity contribution in [3.05, 3.63) is 34.3 Å². The Bertz CT molecular complexity index is 606. The Morgan fingerprint density at radius 2 is 2.00 bits per heavy atom. The zero-order valence-electron chi connectivity index (χ0n) is 9.91. The highest BCUT2D eigenvalue weighted by atomic mass is 32.1. The maximum Gasteiger partial charge on any atom is 0.257 e. The van der Waals surface area contributed by atoms with Crippen LogP contribution in [0.4, 0.5) is 19.6 Å². The Hall–Kier alpha value is -2.09. The zero-order chi connectivity index (χ0) is 14.0. The number of anilines is 2. The summed E-state index contributed by atoms with van der Waals surface area (Å²) in [6.45, 7) is 1.90. The van der Waals surface area contributed by atoms with Gasteiger partial charge in [0.1, 0.15) is 22.3 Å². The van der Waals surface area contributed by atoms with E-state index >= 15 is 0 Å². The molecule has 3 N–H and O–H groups in total. The lowest BCUT2D eigenvalue weighted by Gasteiger charge is -2.04. The van der Waals surface area contributed by atoms with Crippen molar-refractivity contribution in [2.75, 3.05) is 11.1 Å². The predicted octanol–water partition coefficient (Wildman–Crippen LogP) is 2.21. The maximum atomic E-state index is 13.2. The first-order chi connectivity index (χ1) is 9.01. The van der Waals surface area contributed by atoms with Gasteiger partial charge in [0.25, 0.3) is 5.91 Å². The molecule has 0 radical (unpaired) electrons. The van der Waals surface area contributed by atoms with Crippen LogP contribution < -0.4 is 11.1 Å². The molecule has 0 bridgehead atoms. The monoisotopic (exact) mass is 284 g/mol. The first kappa shape index (κ1) is 13.3. The fourth-order valence-corrected chi connectivity index (χ4v) is 2.01. The Kier molecular flexibility index (Phi) is 3.70. The van der Waals surface area contributed by atoms with Crippen LogP contribution in [0.2, 0.25) is 0 Å². The summed E-state index contributed by atoms with van der Waals surface area (Å²) in [5, 5.41) is 11.0. The summed E-state index contributed by atoms with van der Waals surface area (Å²) in [7, 11) is 0. The average molecular weight is 284 g/mol. The van der Waals surface area contributed by atoms with Crippen molar-refractivity contribution in [1.82, 2.24) is 10.2 Å². The van der Waals surface area contributed by atoms with E-state index in [9.17, 15) is 13.6 Å². The molecular weight excluding hydrogens is 274 g/mol. The number of nitrogens with two attached hydrogens (primary N) is 1. The van der Waals surface area contributed by atoms with E-state index in [4.69, 9.17) is 5.73 Å². The van der Waals surface area contributed by atoms with Crippen LogP contribution in [0.1, 0.15) is 22.3 Å². The molecule has 1 aromatic carbocycles. The third-order valence-electron chi connectivity index (χ3n) is 2.33. The van der Waals surface area contributed by atoms with Crippen LogP contribution in [0, 0.1) is 11.6 Å². The van der Waals surface area contributed by atoms with Crippen molar-refractivity contribution >= 4 is 28.1 Å². The van der Waals surface area contributed by atoms with E-state index in [0.717, 1.165) is 17.1 Å². The second-order valence-electron chi connectivity index (χ2n) is 3.66. The number of hydrogen-bond donors (Lipinski definition) is 2. The van der Waals surface area contributed by atoms with E-state index in [1.807, 2.05) is 6.92 Å². The minimum Gasteiger partial charge on any atom is -0.394 e. The molecule has 19 heavy (non-hydrogen) atoms. The predicted molar refractivity (Wildman–Crippen MR) is 68.0 cm³/mol. The molecule has 2 aromatic rings. The zero-order valence-corrected chi connectivity index (χ0v) is 10.7. The lowest BCUT2D eigenvalue weighted by molar-refractivity contribution is 0.102. The third kappa shape index (κ3) is 2.84. The molecular formula is C11H10F2N4OS. The number of rotatable bonds is 3. The highest BCUT2D eigenvalue weighted by Crippen LogP contribution is 2.20. The van der Waals surface area contributed by atoms with E-state index < -0.39 is 23.2 Å². The molecule has 0 saturated heterocycles. The number of aryl methyl sites for hydroxylation is 1. The van der Waals surface area contributed by atoms with Crippen LogP contribution in [-0.4, -0.2) is 16.1 Å². The van der Waals surface area contributed by atoms with Crippen molar-refractivity contribution in [3.8, 4) is 0 Å². The summed E-state index contributed by atoms with van der Waals surface area (Å²) in [6.07, 6.45) is 0.693. The van der Waals surface area contributed by atoms with Gasteiger partial charge in [-0.05, 0) is 18.6 Å². The van der Waals surface area contributed by atoms with Gasteiger partial charge in [0.05, 0.1) is 0 Å². The molecule has 100 valence electrons. The number of nitrogen functional groups attached to an aromatic ring is 1. The van der Waals surface area contributed by atoms with E-state index in [1.165, 1.54) is 11.3 Å². The molecule has 0 atom stereocenters. The smallest absolute Gasteiger partial charge is 0.257 e. The molecule has 0 fully saturated rings. The topological polar surface area (TPSA) is 80.9 Å². The summed E-state index contributed by atoms with van der Waals surface area (Å²) >= 11 is 1.20. The largest absolute Gasteiger partial charge is 0.394 e. The van der Waals surface area contributed by atoms with Gasteiger partial charge >= 0.3 is 0 Å². The number of nitrogens with zero attached hydrogens (tertiary/aromatic N) is 2. The molecule has 0 saturated carbocycles. The molecule has 2 rings (SSSR count). The molecule has 0 unspecified atom stereocenters. The van der Waals surface area contributed by atoms with Crippen LogP contribution in [0.25, 0.3) is 0 Å². The summed E-state index contributed by atoms with van der Waals surface area (Å²) in [5.74, 6) is -2.62. The SMILES string of the molecule is CCc1nnc(NC(=O)c2cc(F)c(N)c(F)c2)s1. The van der Waals surface area contributed by atoms with Crippen molar-refractivity contribution in [2.24, 2.45) is 0 Å². The highest BCUT2D eigenvalue weighted by Gasteiger charge is 2.14. The number of aromatic nitrogens is 2. The van der Waals surface area contributed by atoms with Crippen molar-refractivity contribution < 1.29 is 13.6 Å². The van der Waals surface area contributed by atoms with Crippen LogP contribution >= 0.6 is 11.3 Å². The number of amides is 1. The fraction of sp³-hybridized carbons (Fsp3) is 0.182. The molecule has 1 aromatic heterocycles. The standard InChI is InChI=1S/C11H10F2N4OS/c1-2-8-16-17-11(19-8)15-10(18)5-3-6(12)9(14)7(13)4-5/h3-4H,2,14H2,1H3,(H,15,17,18). The minimum atomic E-state index is -0.975. The van der Waals surface area contributed by atoms with E-state index in [-0.39, 0.29) is 10.7 Å². The molecule has 8 heteroatoms. The lowest BCUT2D eigenvalue weighted by Crippen LogP contribution is -2.13. The fourth-order valence-electron chi connectivity index (χ4n) is 1.33. The molecule has 0 aliphatic rings. The minimum absolute atomic E-state index is 0.169. The van der Waals surface area contributed by atoms with Crippen LogP contribution in [0.5, 0.6) is 0 Å². The quantitative estimate of drug-likeness (QED) is 0.847. The van der Waals surface area contributed by atoms with Gasteiger partial charge in [-0.1, -0.05) is 18.3 Å². The van der Waals surface area contributed by atoms with Crippen LogP contribution in [-0.2, 0) is 6.42 Å². The van der Waals surface area contributed by atoms with Crippen molar-refractivity contribution in [2.45, 2.75) is 13.3 Å². The molecule has 1 heterocycles. The van der Waals surface area contributed by atoms with Gasteiger partial charge in [-0.3, -0.25) is 10.1 Å². The van der Waals surface area contributed by atoms with Gasteiger partial charge < -0.3 is 5.73 Å². The number of carbonyl (C=O) groups is 1. The number of hydrogen-bond acceptors (Lipinski definition) is 5. The molecule has 1 amide bonds. The van der Waals surface area contributed by atoms with Crippen LogP contribution in [0.3, 0.4) is 0 Å².